The third-order valence-electron chi connectivity index (χ3n) is 4.07. The van der Waals surface area contributed by atoms with Crippen molar-refractivity contribution in [1.29, 1.82) is 0 Å². The molecule has 0 heterocycles. The van der Waals surface area contributed by atoms with Crippen molar-refractivity contribution >= 4 is 5.78 Å². The summed E-state index contributed by atoms with van der Waals surface area (Å²) >= 11 is 0. The van der Waals surface area contributed by atoms with Crippen LogP contribution in [0.5, 0.6) is 0 Å². The minimum atomic E-state index is 0.0156. The third-order valence-corrected chi connectivity index (χ3v) is 4.07. The van der Waals surface area contributed by atoms with Crippen molar-refractivity contribution in [2.24, 2.45) is 5.41 Å². The smallest absolute Gasteiger partial charge is 0.189 e. The summed E-state index contributed by atoms with van der Waals surface area (Å²) in [5, 5.41) is 0. The first-order valence-corrected chi connectivity index (χ1v) is 6.74. The number of allylic oxidation sites excluding steroid dienone is 2. The Balaban J connectivity index is 2.48. The molecule has 1 nitrogen and oxygen atoms in total. The van der Waals surface area contributed by atoms with E-state index in [0.29, 0.717) is 0 Å². The largest absolute Gasteiger partial charge is 0.289 e. The number of aryl methyl sites for hydroxylation is 1. The van der Waals surface area contributed by atoms with E-state index in [9.17, 15) is 4.79 Å². The Kier molecular flexibility index (Phi) is 3.43. The molecule has 96 valence electrons. The van der Waals surface area contributed by atoms with E-state index >= 15 is 0 Å². The lowest BCUT2D eigenvalue weighted by Crippen LogP contribution is -2.26. The summed E-state index contributed by atoms with van der Waals surface area (Å²) in [5.41, 5.74) is 4.27. The van der Waals surface area contributed by atoms with Gasteiger partial charge in [0.2, 0.25) is 0 Å². The van der Waals surface area contributed by atoms with Gasteiger partial charge < -0.3 is 0 Å². The second-order valence-corrected chi connectivity index (χ2v) is 6.04. The van der Waals surface area contributed by atoms with Gasteiger partial charge in [0.25, 0.3) is 0 Å². The molecule has 0 saturated carbocycles. The number of hydrogen-bond acceptors (Lipinski definition) is 1. The average molecular weight is 242 g/mol. The van der Waals surface area contributed by atoms with Crippen LogP contribution >= 0.6 is 0 Å². The molecule has 0 atom stereocenters. The first-order chi connectivity index (χ1) is 8.43. The van der Waals surface area contributed by atoms with Gasteiger partial charge in [0.15, 0.2) is 5.78 Å². The van der Waals surface area contributed by atoms with Crippen molar-refractivity contribution in [3.05, 3.63) is 46.5 Å². The fraction of sp³-hybridized carbons (Fsp3) is 0.471. The van der Waals surface area contributed by atoms with Crippen LogP contribution in [0.2, 0.25) is 0 Å². The molecular weight excluding hydrogens is 220 g/mol. The minimum Gasteiger partial charge on any atom is -0.289 e. The number of carbonyl (C=O) groups excluding carboxylic acids is 1. The molecule has 0 aromatic heterocycles. The Morgan fingerprint density at radius 1 is 1.17 bits per heavy atom. The molecule has 0 radical (unpaired) electrons. The van der Waals surface area contributed by atoms with Crippen molar-refractivity contribution in [3.63, 3.8) is 0 Å². The van der Waals surface area contributed by atoms with Crippen molar-refractivity contribution in [2.45, 2.75) is 47.0 Å². The van der Waals surface area contributed by atoms with Gasteiger partial charge in [0.05, 0.1) is 0 Å². The van der Waals surface area contributed by atoms with Crippen LogP contribution in [-0.4, -0.2) is 5.78 Å². The van der Waals surface area contributed by atoms with E-state index in [2.05, 4.69) is 20.8 Å². The molecule has 0 amide bonds. The molecule has 0 saturated heterocycles. The number of benzene rings is 1. The highest BCUT2D eigenvalue weighted by Crippen LogP contribution is 2.41. The van der Waals surface area contributed by atoms with Gasteiger partial charge in [-0.2, -0.15) is 0 Å². The zero-order valence-corrected chi connectivity index (χ0v) is 11.8. The molecule has 18 heavy (non-hydrogen) atoms. The fourth-order valence-corrected chi connectivity index (χ4v) is 3.09. The zero-order valence-electron chi connectivity index (χ0n) is 11.8. The van der Waals surface area contributed by atoms with E-state index in [1.54, 1.807) is 0 Å². The maximum Gasteiger partial charge on any atom is 0.189 e. The van der Waals surface area contributed by atoms with E-state index in [-0.39, 0.29) is 11.2 Å². The van der Waals surface area contributed by atoms with Gasteiger partial charge in [-0.05, 0) is 44.1 Å². The van der Waals surface area contributed by atoms with Crippen LogP contribution in [0, 0.1) is 12.3 Å². The summed E-state index contributed by atoms with van der Waals surface area (Å²) in [4.78, 5) is 12.8. The van der Waals surface area contributed by atoms with Gasteiger partial charge in [-0.3, -0.25) is 4.79 Å². The first kappa shape index (κ1) is 13.1. The number of ketones is 1. The zero-order chi connectivity index (χ0) is 13.3. The molecule has 0 N–H and O–H groups in total. The average Bonchev–Trinajstić information content (AvgIpc) is 2.28. The summed E-state index contributed by atoms with van der Waals surface area (Å²) in [6.07, 6.45) is 3.37. The Morgan fingerprint density at radius 3 is 2.44 bits per heavy atom. The van der Waals surface area contributed by atoms with E-state index in [4.69, 9.17) is 0 Å². The standard InChI is InChI=1S/C17H22O/c1-12-8-5-6-10-14(12)16(18)15-13(2)9-7-11-17(15,3)4/h5-6,8,10H,7,9,11H2,1-4H3. The predicted octanol–water partition coefficient (Wildman–Crippen LogP) is 4.70. The lowest BCUT2D eigenvalue weighted by Gasteiger charge is -2.33. The number of hydrogen-bond donors (Lipinski definition) is 0. The molecule has 0 fully saturated rings. The van der Waals surface area contributed by atoms with Gasteiger partial charge >= 0.3 is 0 Å². The topological polar surface area (TPSA) is 17.1 Å². The Bertz CT molecular complexity index is 506. The maximum absolute atomic E-state index is 12.8. The molecule has 1 heteroatoms. The molecule has 1 aromatic rings. The van der Waals surface area contributed by atoms with Gasteiger partial charge in [0.1, 0.15) is 0 Å². The van der Waals surface area contributed by atoms with Crippen LogP contribution in [0.1, 0.15) is 56.0 Å². The highest BCUT2D eigenvalue weighted by atomic mass is 16.1. The number of rotatable bonds is 2. The van der Waals surface area contributed by atoms with E-state index in [1.165, 1.54) is 12.0 Å². The molecule has 1 aliphatic carbocycles. The third kappa shape index (κ3) is 2.27. The summed E-state index contributed by atoms with van der Waals surface area (Å²) in [5.74, 6) is 0.232. The van der Waals surface area contributed by atoms with Gasteiger partial charge in [-0.15, -0.1) is 0 Å². The Hall–Kier alpha value is -1.37. The van der Waals surface area contributed by atoms with Crippen molar-refractivity contribution in [1.82, 2.24) is 0 Å². The Labute approximate surface area is 110 Å². The normalized spacial score (nSPS) is 18.9. The van der Waals surface area contributed by atoms with Crippen molar-refractivity contribution in [2.75, 3.05) is 0 Å². The summed E-state index contributed by atoms with van der Waals surface area (Å²) in [6, 6.07) is 7.90. The second-order valence-electron chi connectivity index (χ2n) is 6.04. The van der Waals surface area contributed by atoms with Crippen LogP contribution in [-0.2, 0) is 0 Å². The van der Waals surface area contributed by atoms with Crippen LogP contribution in [0.3, 0.4) is 0 Å². The SMILES string of the molecule is CC1=C(C(=O)c2ccccc2C)C(C)(C)CCC1. The highest BCUT2D eigenvalue weighted by Gasteiger charge is 2.33. The lowest BCUT2D eigenvalue weighted by atomic mass is 9.70. The van der Waals surface area contributed by atoms with E-state index in [1.807, 2.05) is 31.2 Å². The number of carbonyl (C=O) groups is 1. The number of Topliss-reactive ketones (excluding diaryl/α,β-unsaturated/α-hetero) is 1. The van der Waals surface area contributed by atoms with Crippen molar-refractivity contribution in [3.8, 4) is 0 Å². The summed E-state index contributed by atoms with van der Waals surface area (Å²) in [6.45, 7) is 8.52. The summed E-state index contributed by atoms with van der Waals surface area (Å²) in [7, 11) is 0. The van der Waals surface area contributed by atoms with Crippen LogP contribution in [0.15, 0.2) is 35.4 Å². The van der Waals surface area contributed by atoms with Gasteiger partial charge in [-0.25, -0.2) is 0 Å². The monoisotopic (exact) mass is 242 g/mol. The predicted molar refractivity (Wildman–Crippen MR) is 75.8 cm³/mol. The minimum absolute atomic E-state index is 0.0156. The summed E-state index contributed by atoms with van der Waals surface area (Å²) < 4.78 is 0. The second kappa shape index (κ2) is 4.72. The van der Waals surface area contributed by atoms with Crippen LogP contribution in [0.4, 0.5) is 0 Å². The Morgan fingerprint density at radius 2 is 1.83 bits per heavy atom. The first-order valence-electron chi connectivity index (χ1n) is 6.74. The maximum atomic E-state index is 12.8. The van der Waals surface area contributed by atoms with Crippen LogP contribution < -0.4 is 0 Å². The van der Waals surface area contributed by atoms with Gasteiger partial charge in [0, 0.05) is 11.1 Å². The molecule has 1 aromatic carbocycles. The highest BCUT2D eigenvalue weighted by molar-refractivity contribution is 6.10. The van der Waals surface area contributed by atoms with Crippen molar-refractivity contribution < 1.29 is 4.79 Å². The quantitative estimate of drug-likeness (QED) is 0.687. The molecule has 0 aliphatic heterocycles. The van der Waals surface area contributed by atoms with E-state index in [0.717, 1.165) is 29.5 Å². The van der Waals surface area contributed by atoms with E-state index < -0.39 is 0 Å². The molecule has 0 bridgehead atoms. The molecular formula is C17H22O. The van der Waals surface area contributed by atoms with Crippen LogP contribution in [0.25, 0.3) is 0 Å². The van der Waals surface area contributed by atoms with Gasteiger partial charge in [-0.1, -0.05) is 43.7 Å². The fourth-order valence-electron chi connectivity index (χ4n) is 3.09. The molecule has 2 rings (SSSR count). The molecule has 0 spiro atoms. The molecule has 1 aliphatic rings. The lowest BCUT2D eigenvalue weighted by molar-refractivity contribution is 0.0997. The molecule has 0 unspecified atom stereocenters.